The van der Waals surface area contributed by atoms with E-state index in [2.05, 4.69) is 22.6 Å². The van der Waals surface area contributed by atoms with E-state index in [0.29, 0.717) is 5.20 Å². The first kappa shape index (κ1) is 13.4. The van der Waals surface area contributed by atoms with Gasteiger partial charge in [-0.1, -0.05) is 26.3 Å². The first-order chi connectivity index (χ1) is 7.02. The summed E-state index contributed by atoms with van der Waals surface area (Å²) in [6.07, 6.45) is 3.19. The molecule has 0 saturated carbocycles. The van der Waals surface area contributed by atoms with E-state index < -0.39 is 20.7 Å². The molecule has 0 saturated heterocycles. The fraction of sp³-hybridized carbons (Fsp3) is 0.200. The third-order valence-electron chi connectivity index (χ3n) is 1.52. The van der Waals surface area contributed by atoms with Gasteiger partial charge in [-0.3, -0.25) is 0 Å². The Morgan fingerprint density at radius 3 is 2.07 bits per heavy atom. The van der Waals surface area contributed by atoms with Crippen molar-refractivity contribution in [3.8, 4) is 0 Å². The van der Waals surface area contributed by atoms with E-state index in [0.717, 1.165) is 18.6 Å². The molecule has 0 aliphatic heterocycles. The highest BCUT2D eigenvalue weighted by atomic mass is 28.3. The van der Waals surface area contributed by atoms with Gasteiger partial charge in [-0.05, 0) is 0 Å². The Balaban J connectivity index is 4.79. The van der Waals surface area contributed by atoms with Gasteiger partial charge in [0, 0.05) is 11.3 Å². The first-order valence-electron chi connectivity index (χ1n) is 4.38. The molecule has 0 aliphatic carbocycles. The van der Waals surface area contributed by atoms with Gasteiger partial charge in [0.2, 0.25) is 0 Å². The zero-order valence-electron chi connectivity index (χ0n) is 8.86. The number of carbonyl (C=O) groups excluding carboxylic acids is 2. The molecule has 0 bridgehead atoms. The minimum absolute atomic E-state index is 0.363. The molecule has 0 heterocycles. The lowest BCUT2D eigenvalue weighted by Crippen LogP contribution is -2.18. The zero-order chi connectivity index (χ0) is 11.8. The molecule has 5 heteroatoms. The monoisotopic (exact) mass is 226 g/mol. The van der Waals surface area contributed by atoms with Crippen LogP contribution < -0.4 is 0 Å². The molecule has 0 aliphatic rings. The second-order valence-corrected chi connectivity index (χ2v) is 5.86. The number of ether oxygens (including phenoxy) is 2. The maximum Gasteiger partial charge on any atom is 0.335 e. The van der Waals surface area contributed by atoms with E-state index >= 15 is 0 Å². The molecule has 0 unspecified atom stereocenters. The standard InChI is InChI=1S/C10H14O4Si/c1-5-13-9(11)7-8(15(3)4)10(12)14-6-2/h5-7,15H,1-2H2,3-4H3/b8-7+. The van der Waals surface area contributed by atoms with E-state index in [1.54, 1.807) is 0 Å². The van der Waals surface area contributed by atoms with Crippen molar-refractivity contribution >= 4 is 20.7 Å². The lowest BCUT2D eigenvalue weighted by atomic mass is 10.5. The average molecular weight is 226 g/mol. The number of carbonyl (C=O) groups is 2. The van der Waals surface area contributed by atoms with E-state index in [1.807, 2.05) is 13.1 Å². The van der Waals surface area contributed by atoms with Crippen LogP contribution in [0.1, 0.15) is 0 Å². The summed E-state index contributed by atoms with van der Waals surface area (Å²) in [5, 5.41) is 0.363. The van der Waals surface area contributed by atoms with Crippen molar-refractivity contribution in [2.24, 2.45) is 0 Å². The van der Waals surface area contributed by atoms with Crippen LogP contribution in [0.2, 0.25) is 13.1 Å². The van der Waals surface area contributed by atoms with Crippen LogP contribution in [0, 0.1) is 0 Å². The molecule has 0 rings (SSSR count). The minimum Gasteiger partial charge on any atom is -0.432 e. The van der Waals surface area contributed by atoms with Crippen molar-refractivity contribution in [3.63, 3.8) is 0 Å². The quantitative estimate of drug-likeness (QED) is 0.307. The van der Waals surface area contributed by atoms with Gasteiger partial charge in [0.15, 0.2) is 0 Å². The summed E-state index contributed by atoms with van der Waals surface area (Å²) in [4.78, 5) is 22.4. The Hall–Kier alpha value is -1.62. The Kier molecular flexibility index (Phi) is 6.04. The highest BCUT2D eigenvalue weighted by Gasteiger charge is 2.17. The smallest absolute Gasteiger partial charge is 0.335 e. The van der Waals surface area contributed by atoms with Crippen LogP contribution in [0.3, 0.4) is 0 Å². The highest BCUT2D eigenvalue weighted by Crippen LogP contribution is 2.05. The van der Waals surface area contributed by atoms with E-state index in [1.165, 1.54) is 0 Å². The SMILES string of the molecule is C=COC(=O)/C=C(\C(=O)OC=C)[SiH](C)C. The Bertz CT molecular complexity index is 305. The molecule has 0 atom stereocenters. The van der Waals surface area contributed by atoms with Crippen molar-refractivity contribution < 1.29 is 19.1 Å². The van der Waals surface area contributed by atoms with Gasteiger partial charge in [-0.15, -0.1) is 0 Å². The van der Waals surface area contributed by atoms with Crippen molar-refractivity contribution in [2.75, 3.05) is 0 Å². The van der Waals surface area contributed by atoms with Crippen molar-refractivity contribution in [3.05, 3.63) is 37.0 Å². The van der Waals surface area contributed by atoms with E-state index in [9.17, 15) is 9.59 Å². The molecule has 82 valence electrons. The predicted octanol–water partition coefficient (Wildman–Crippen LogP) is 1.31. The number of hydrogen-bond donors (Lipinski definition) is 0. The van der Waals surface area contributed by atoms with Gasteiger partial charge >= 0.3 is 11.9 Å². The molecule has 0 spiro atoms. The Morgan fingerprint density at radius 1 is 1.13 bits per heavy atom. The first-order valence-corrected chi connectivity index (χ1v) is 7.26. The number of esters is 2. The fourth-order valence-corrected chi connectivity index (χ4v) is 1.86. The second kappa shape index (κ2) is 6.78. The van der Waals surface area contributed by atoms with E-state index in [4.69, 9.17) is 0 Å². The van der Waals surface area contributed by atoms with Gasteiger partial charge in [0.05, 0.1) is 21.3 Å². The molecule has 0 radical (unpaired) electrons. The maximum atomic E-state index is 11.4. The maximum absolute atomic E-state index is 11.4. The van der Waals surface area contributed by atoms with Crippen LogP contribution in [0.5, 0.6) is 0 Å². The molecule has 0 aromatic heterocycles. The molecular weight excluding hydrogens is 212 g/mol. The topological polar surface area (TPSA) is 52.6 Å². The molecule has 15 heavy (non-hydrogen) atoms. The normalized spacial score (nSPS) is 10.7. The molecule has 0 aromatic carbocycles. The van der Waals surface area contributed by atoms with Crippen LogP contribution >= 0.6 is 0 Å². The van der Waals surface area contributed by atoms with Gasteiger partial charge in [0.1, 0.15) is 0 Å². The van der Waals surface area contributed by atoms with Crippen LogP contribution in [-0.2, 0) is 19.1 Å². The van der Waals surface area contributed by atoms with Crippen molar-refractivity contribution in [2.45, 2.75) is 13.1 Å². The van der Waals surface area contributed by atoms with Crippen molar-refractivity contribution in [1.82, 2.24) is 0 Å². The summed E-state index contributed by atoms with van der Waals surface area (Å²) < 4.78 is 9.09. The van der Waals surface area contributed by atoms with Gasteiger partial charge in [-0.2, -0.15) is 0 Å². The predicted molar refractivity (Wildman–Crippen MR) is 59.5 cm³/mol. The number of rotatable bonds is 5. The van der Waals surface area contributed by atoms with Gasteiger partial charge in [-0.25, -0.2) is 9.59 Å². The summed E-state index contributed by atoms with van der Waals surface area (Å²) >= 11 is 0. The molecule has 0 aromatic rings. The van der Waals surface area contributed by atoms with Crippen LogP contribution in [0.4, 0.5) is 0 Å². The highest BCUT2D eigenvalue weighted by molar-refractivity contribution is 6.70. The summed E-state index contributed by atoms with van der Waals surface area (Å²) in [6.45, 7) is 10.3. The summed E-state index contributed by atoms with van der Waals surface area (Å²) in [6, 6.07) is 0. The average Bonchev–Trinajstić information content (AvgIpc) is 2.14. The second-order valence-electron chi connectivity index (χ2n) is 2.93. The van der Waals surface area contributed by atoms with E-state index in [-0.39, 0.29) is 0 Å². The molecule has 0 amide bonds. The van der Waals surface area contributed by atoms with Crippen LogP contribution in [0.15, 0.2) is 37.0 Å². The largest absolute Gasteiger partial charge is 0.432 e. The van der Waals surface area contributed by atoms with Crippen LogP contribution in [0.25, 0.3) is 0 Å². The Morgan fingerprint density at radius 2 is 1.67 bits per heavy atom. The summed E-state index contributed by atoms with van der Waals surface area (Å²) in [7, 11) is -1.45. The summed E-state index contributed by atoms with van der Waals surface area (Å²) in [5.74, 6) is -1.17. The molecular formula is C10H14O4Si. The third kappa shape index (κ3) is 4.97. The lowest BCUT2D eigenvalue weighted by molar-refractivity contribution is -0.135. The third-order valence-corrected chi connectivity index (χ3v) is 3.17. The Labute approximate surface area is 90.5 Å². The van der Waals surface area contributed by atoms with Gasteiger partial charge in [0.25, 0.3) is 0 Å². The lowest BCUT2D eigenvalue weighted by Gasteiger charge is -2.06. The van der Waals surface area contributed by atoms with Gasteiger partial charge < -0.3 is 9.47 Å². The molecule has 0 fully saturated rings. The molecule has 4 nitrogen and oxygen atoms in total. The minimum atomic E-state index is -1.45. The summed E-state index contributed by atoms with van der Waals surface area (Å²) in [5.41, 5.74) is 0. The number of hydrogen-bond acceptors (Lipinski definition) is 4. The fourth-order valence-electron chi connectivity index (χ4n) is 0.848. The van der Waals surface area contributed by atoms with Crippen molar-refractivity contribution in [1.29, 1.82) is 0 Å². The zero-order valence-corrected chi connectivity index (χ0v) is 10.0. The molecule has 0 N–H and O–H groups in total. The van der Waals surface area contributed by atoms with Crippen LogP contribution in [-0.4, -0.2) is 20.7 Å².